The Bertz CT molecular complexity index is 1050. The molecule has 8 nitrogen and oxygen atoms in total. The number of nitrogens with zero attached hydrogens (tertiary/aromatic N) is 2. The summed E-state index contributed by atoms with van der Waals surface area (Å²) < 4.78 is 15.7. The standard InChI is InChI=1S/C16H11ClFN3O5/c17-9-5-4-7(12(18)14(9)23)15-19-13-8(16(24)25)2-1-3-10(13)21(15)6-11(22)20-26/h1-5,23,26H,6H2,(H,20,22)(H,24,25). The van der Waals surface area contributed by atoms with Gasteiger partial charge in [-0.05, 0) is 24.3 Å². The highest BCUT2D eigenvalue weighted by Gasteiger charge is 2.23. The molecule has 134 valence electrons. The third kappa shape index (κ3) is 2.83. The van der Waals surface area contributed by atoms with E-state index in [1.165, 1.54) is 40.4 Å². The van der Waals surface area contributed by atoms with Gasteiger partial charge in [0.05, 0.1) is 21.7 Å². The zero-order chi connectivity index (χ0) is 19.0. The van der Waals surface area contributed by atoms with Gasteiger partial charge in [-0.2, -0.15) is 0 Å². The van der Waals surface area contributed by atoms with Crippen molar-refractivity contribution in [1.82, 2.24) is 15.0 Å². The van der Waals surface area contributed by atoms with E-state index >= 15 is 0 Å². The zero-order valence-electron chi connectivity index (χ0n) is 12.9. The van der Waals surface area contributed by atoms with Crippen molar-refractivity contribution in [2.45, 2.75) is 6.54 Å². The van der Waals surface area contributed by atoms with Crippen LogP contribution in [0.5, 0.6) is 5.75 Å². The molecular weight excluding hydrogens is 369 g/mol. The molecular formula is C16H11ClFN3O5. The van der Waals surface area contributed by atoms with Crippen LogP contribution in [0.25, 0.3) is 22.4 Å². The average molecular weight is 380 g/mol. The summed E-state index contributed by atoms with van der Waals surface area (Å²) in [6.45, 7) is -0.464. The maximum absolute atomic E-state index is 14.5. The van der Waals surface area contributed by atoms with Gasteiger partial charge in [-0.1, -0.05) is 17.7 Å². The second-order valence-corrected chi connectivity index (χ2v) is 5.70. The predicted molar refractivity (Wildman–Crippen MR) is 88.7 cm³/mol. The van der Waals surface area contributed by atoms with Gasteiger partial charge in [0.15, 0.2) is 11.6 Å². The predicted octanol–water partition coefficient (Wildman–Crippen LogP) is 2.40. The minimum absolute atomic E-state index is 0.0228. The number of benzene rings is 2. The number of phenolic OH excluding ortho intramolecular Hbond substituents is 1. The van der Waals surface area contributed by atoms with Gasteiger partial charge in [0.1, 0.15) is 17.9 Å². The molecule has 0 unspecified atom stereocenters. The van der Waals surface area contributed by atoms with Crippen molar-refractivity contribution in [3.05, 3.63) is 46.7 Å². The van der Waals surface area contributed by atoms with Crippen molar-refractivity contribution in [1.29, 1.82) is 0 Å². The number of aromatic carboxylic acids is 1. The summed E-state index contributed by atoms with van der Waals surface area (Å²) in [6, 6.07) is 6.74. The van der Waals surface area contributed by atoms with Crippen LogP contribution in [0.15, 0.2) is 30.3 Å². The molecule has 0 radical (unpaired) electrons. The molecule has 0 saturated heterocycles. The molecule has 4 N–H and O–H groups in total. The Morgan fingerprint density at radius 3 is 2.65 bits per heavy atom. The number of carbonyl (C=O) groups excluding carboxylic acids is 1. The first kappa shape index (κ1) is 17.6. The average Bonchev–Trinajstić information content (AvgIpc) is 2.97. The largest absolute Gasteiger partial charge is 0.504 e. The number of rotatable bonds is 4. The Balaban J connectivity index is 2.35. The van der Waals surface area contributed by atoms with Gasteiger partial charge in [0.2, 0.25) is 0 Å². The maximum Gasteiger partial charge on any atom is 0.337 e. The quantitative estimate of drug-likeness (QED) is 0.407. The minimum atomic E-state index is -1.25. The van der Waals surface area contributed by atoms with E-state index in [9.17, 15) is 24.2 Å². The van der Waals surface area contributed by atoms with Crippen molar-refractivity contribution < 1.29 is 29.4 Å². The molecule has 1 heterocycles. The van der Waals surface area contributed by atoms with Crippen molar-refractivity contribution >= 4 is 34.5 Å². The number of amides is 1. The van der Waals surface area contributed by atoms with E-state index in [2.05, 4.69) is 4.98 Å². The highest BCUT2D eigenvalue weighted by Crippen LogP contribution is 2.35. The highest BCUT2D eigenvalue weighted by molar-refractivity contribution is 6.32. The first-order valence-electron chi connectivity index (χ1n) is 7.18. The normalized spacial score (nSPS) is 10.9. The fraction of sp³-hybridized carbons (Fsp3) is 0.0625. The van der Waals surface area contributed by atoms with Crippen LogP contribution in [0.4, 0.5) is 4.39 Å². The fourth-order valence-corrected chi connectivity index (χ4v) is 2.72. The molecule has 0 aliphatic carbocycles. The third-order valence-electron chi connectivity index (χ3n) is 3.74. The molecule has 0 aliphatic rings. The van der Waals surface area contributed by atoms with E-state index in [4.69, 9.17) is 16.8 Å². The summed E-state index contributed by atoms with van der Waals surface area (Å²) in [5.41, 5.74) is 1.37. The van der Waals surface area contributed by atoms with E-state index in [1.54, 1.807) is 0 Å². The molecule has 0 atom stereocenters. The van der Waals surface area contributed by atoms with E-state index in [-0.39, 0.29) is 33.0 Å². The number of carboxylic acids is 1. The lowest BCUT2D eigenvalue weighted by Gasteiger charge is -2.10. The van der Waals surface area contributed by atoms with Crippen molar-refractivity contribution in [3.63, 3.8) is 0 Å². The van der Waals surface area contributed by atoms with Gasteiger partial charge < -0.3 is 14.8 Å². The number of hydroxylamine groups is 1. The molecule has 3 aromatic rings. The molecule has 0 bridgehead atoms. The summed E-state index contributed by atoms with van der Waals surface area (Å²) in [7, 11) is 0. The Labute approximate surface area is 150 Å². The number of fused-ring (bicyclic) bond motifs is 1. The van der Waals surface area contributed by atoms with Crippen LogP contribution in [0.1, 0.15) is 10.4 Å². The van der Waals surface area contributed by atoms with Gasteiger partial charge >= 0.3 is 5.97 Å². The van der Waals surface area contributed by atoms with Crippen LogP contribution in [-0.4, -0.2) is 36.8 Å². The van der Waals surface area contributed by atoms with Crippen LogP contribution in [0.2, 0.25) is 5.02 Å². The highest BCUT2D eigenvalue weighted by atomic mass is 35.5. The lowest BCUT2D eigenvalue weighted by Crippen LogP contribution is -2.24. The summed E-state index contributed by atoms with van der Waals surface area (Å²) in [5.74, 6) is -4.06. The Morgan fingerprint density at radius 1 is 1.27 bits per heavy atom. The number of para-hydroxylation sites is 1. The molecule has 1 aromatic heterocycles. The van der Waals surface area contributed by atoms with Crippen molar-refractivity contribution in [3.8, 4) is 17.1 Å². The molecule has 2 aromatic carbocycles. The van der Waals surface area contributed by atoms with Gasteiger partial charge in [-0.3, -0.25) is 10.0 Å². The van der Waals surface area contributed by atoms with Crippen LogP contribution in [0, 0.1) is 5.82 Å². The lowest BCUT2D eigenvalue weighted by atomic mass is 10.2. The van der Waals surface area contributed by atoms with Gasteiger partial charge in [-0.25, -0.2) is 19.6 Å². The fourth-order valence-electron chi connectivity index (χ4n) is 2.58. The first-order chi connectivity index (χ1) is 12.3. The molecule has 0 aliphatic heterocycles. The number of imidazole rings is 1. The van der Waals surface area contributed by atoms with Crippen LogP contribution in [-0.2, 0) is 11.3 Å². The van der Waals surface area contributed by atoms with Gasteiger partial charge in [0, 0.05) is 0 Å². The summed E-state index contributed by atoms with van der Waals surface area (Å²) in [6.07, 6.45) is 0. The number of aromatic hydroxyl groups is 1. The number of halogens is 2. The number of hydrogen-bond acceptors (Lipinski definition) is 5. The Kier molecular flexibility index (Phi) is 4.49. The second-order valence-electron chi connectivity index (χ2n) is 5.29. The van der Waals surface area contributed by atoms with Crippen LogP contribution < -0.4 is 5.48 Å². The second kappa shape index (κ2) is 6.62. The Morgan fingerprint density at radius 2 is 2.00 bits per heavy atom. The minimum Gasteiger partial charge on any atom is -0.504 e. The van der Waals surface area contributed by atoms with E-state index in [0.29, 0.717) is 0 Å². The number of aromatic nitrogens is 2. The van der Waals surface area contributed by atoms with Crippen molar-refractivity contribution in [2.75, 3.05) is 0 Å². The maximum atomic E-state index is 14.5. The number of phenols is 1. The number of hydrogen-bond donors (Lipinski definition) is 4. The van der Waals surface area contributed by atoms with E-state index < -0.39 is 30.0 Å². The lowest BCUT2D eigenvalue weighted by molar-refractivity contribution is -0.129. The van der Waals surface area contributed by atoms with Crippen molar-refractivity contribution in [2.24, 2.45) is 0 Å². The summed E-state index contributed by atoms with van der Waals surface area (Å²) >= 11 is 5.67. The van der Waals surface area contributed by atoms with Gasteiger partial charge in [-0.15, -0.1) is 0 Å². The molecule has 1 amide bonds. The first-order valence-corrected chi connectivity index (χ1v) is 7.55. The summed E-state index contributed by atoms with van der Waals surface area (Å²) in [5, 5.41) is 27.6. The zero-order valence-corrected chi connectivity index (χ0v) is 13.7. The van der Waals surface area contributed by atoms with Crippen LogP contribution >= 0.6 is 11.6 Å². The monoisotopic (exact) mass is 379 g/mol. The molecule has 0 saturated carbocycles. The topological polar surface area (TPSA) is 125 Å². The molecule has 3 rings (SSSR count). The summed E-state index contributed by atoms with van der Waals surface area (Å²) in [4.78, 5) is 27.2. The molecule has 0 fully saturated rings. The van der Waals surface area contributed by atoms with Crippen LogP contribution in [0.3, 0.4) is 0 Å². The number of nitrogens with one attached hydrogen (secondary N) is 1. The Hall–Kier alpha value is -3.17. The van der Waals surface area contributed by atoms with E-state index in [0.717, 1.165) is 0 Å². The number of carbonyl (C=O) groups is 2. The van der Waals surface area contributed by atoms with E-state index in [1.807, 2.05) is 0 Å². The molecule has 10 heteroatoms. The van der Waals surface area contributed by atoms with Gasteiger partial charge in [0.25, 0.3) is 5.91 Å². The SMILES string of the molecule is O=C(Cn1c(-c2ccc(Cl)c(O)c2F)nc2c(C(=O)O)cccc21)NO. The molecule has 0 spiro atoms. The molecule has 26 heavy (non-hydrogen) atoms. The third-order valence-corrected chi connectivity index (χ3v) is 4.05. The smallest absolute Gasteiger partial charge is 0.337 e. The number of carboxylic acid groups (broad SMARTS) is 1.